The molecule has 0 atom stereocenters. The molecule has 1 heteroatoms. The molecule has 2 rings (SSSR count). The molecule has 2 aliphatic carbocycles. The number of hydrogen-bond acceptors (Lipinski definition) is 1. The lowest BCUT2D eigenvalue weighted by Gasteiger charge is -2.08. The second kappa shape index (κ2) is 3.41. The van der Waals surface area contributed by atoms with Gasteiger partial charge in [-0.1, -0.05) is 23.8 Å². The summed E-state index contributed by atoms with van der Waals surface area (Å²) in [5.41, 5.74) is 4.26. The average molecular weight is 175 g/mol. The predicted octanol–water partition coefficient (Wildman–Crippen LogP) is 2.92. The van der Waals surface area contributed by atoms with Crippen LogP contribution in [0.25, 0.3) is 0 Å². The molecule has 13 heavy (non-hydrogen) atoms. The summed E-state index contributed by atoms with van der Waals surface area (Å²) in [6.45, 7) is 4.29. The van der Waals surface area contributed by atoms with Gasteiger partial charge in [-0.3, -0.25) is 0 Å². The monoisotopic (exact) mass is 175 g/mol. The minimum atomic E-state index is 0.761. The Hall–Kier alpha value is -0.980. The quantitative estimate of drug-likeness (QED) is 0.695. The molecule has 0 heterocycles. The summed E-state index contributed by atoms with van der Waals surface area (Å²) in [4.78, 5) is 0. The predicted molar refractivity (Wildman–Crippen MR) is 56.4 cm³/mol. The Labute approximate surface area is 80.2 Å². The number of rotatable bonds is 3. The molecule has 70 valence electrons. The molecule has 2 aliphatic rings. The highest BCUT2D eigenvalue weighted by atomic mass is 15.0. The summed E-state index contributed by atoms with van der Waals surface area (Å²) >= 11 is 0. The first-order valence-corrected chi connectivity index (χ1v) is 5.11. The number of hydrogen-bond donors (Lipinski definition) is 1. The van der Waals surface area contributed by atoms with Crippen LogP contribution in [0.3, 0.4) is 0 Å². The van der Waals surface area contributed by atoms with Gasteiger partial charge in [-0.15, -0.1) is 0 Å². The van der Waals surface area contributed by atoms with Crippen LogP contribution in [-0.4, -0.2) is 6.04 Å². The molecule has 0 bridgehead atoms. The first kappa shape index (κ1) is 8.61. The first-order valence-electron chi connectivity index (χ1n) is 5.11. The molecule has 0 saturated heterocycles. The molecule has 1 N–H and O–H groups in total. The van der Waals surface area contributed by atoms with Crippen LogP contribution in [-0.2, 0) is 0 Å². The van der Waals surface area contributed by atoms with Crippen LogP contribution in [0.4, 0.5) is 0 Å². The fourth-order valence-corrected chi connectivity index (χ4v) is 1.69. The Morgan fingerprint density at radius 1 is 1.46 bits per heavy atom. The Morgan fingerprint density at radius 3 is 2.85 bits per heavy atom. The lowest BCUT2D eigenvalue weighted by molar-refractivity contribution is 0.819. The van der Waals surface area contributed by atoms with Gasteiger partial charge >= 0.3 is 0 Å². The zero-order valence-corrected chi connectivity index (χ0v) is 8.43. The summed E-state index contributed by atoms with van der Waals surface area (Å²) in [6, 6.07) is 0.761. The summed E-state index contributed by atoms with van der Waals surface area (Å²) in [5.74, 6) is 0. The zero-order chi connectivity index (χ0) is 9.26. The van der Waals surface area contributed by atoms with Gasteiger partial charge in [-0.05, 0) is 38.7 Å². The van der Waals surface area contributed by atoms with Crippen LogP contribution >= 0.6 is 0 Å². The topological polar surface area (TPSA) is 12.0 Å². The van der Waals surface area contributed by atoms with E-state index in [0.717, 1.165) is 12.5 Å². The van der Waals surface area contributed by atoms with Crippen LogP contribution in [0.15, 0.2) is 35.1 Å². The number of allylic oxidation sites excluding steroid dienone is 4. The summed E-state index contributed by atoms with van der Waals surface area (Å²) in [6.07, 6.45) is 10.5. The van der Waals surface area contributed by atoms with Crippen LogP contribution in [0.1, 0.15) is 33.1 Å². The van der Waals surface area contributed by atoms with Crippen molar-refractivity contribution in [2.24, 2.45) is 0 Å². The molecule has 0 radical (unpaired) electrons. The van der Waals surface area contributed by atoms with Crippen LogP contribution < -0.4 is 5.32 Å². The molecule has 0 amide bonds. The van der Waals surface area contributed by atoms with Crippen molar-refractivity contribution in [2.75, 3.05) is 0 Å². The molecule has 0 spiro atoms. The fraction of sp³-hybridized carbons (Fsp3) is 0.500. The maximum atomic E-state index is 3.57. The van der Waals surface area contributed by atoms with Gasteiger partial charge in [0.15, 0.2) is 0 Å². The third kappa shape index (κ3) is 1.85. The van der Waals surface area contributed by atoms with Crippen LogP contribution in [0.5, 0.6) is 0 Å². The molecule has 1 nitrogen and oxygen atoms in total. The Morgan fingerprint density at radius 2 is 2.23 bits per heavy atom. The first-order chi connectivity index (χ1) is 6.31. The van der Waals surface area contributed by atoms with E-state index >= 15 is 0 Å². The number of nitrogens with one attached hydrogen (secondary N) is 1. The van der Waals surface area contributed by atoms with Crippen molar-refractivity contribution in [1.82, 2.24) is 5.32 Å². The summed E-state index contributed by atoms with van der Waals surface area (Å²) < 4.78 is 0. The Bertz CT molecular complexity index is 290. The minimum absolute atomic E-state index is 0.761. The summed E-state index contributed by atoms with van der Waals surface area (Å²) in [7, 11) is 0. The van der Waals surface area contributed by atoms with Gasteiger partial charge in [-0.2, -0.15) is 0 Å². The molecule has 0 aromatic carbocycles. The van der Waals surface area contributed by atoms with Gasteiger partial charge in [0, 0.05) is 11.7 Å². The van der Waals surface area contributed by atoms with E-state index in [-0.39, 0.29) is 0 Å². The third-order valence-corrected chi connectivity index (χ3v) is 2.63. The van der Waals surface area contributed by atoms with Gasteiger partial charge in [0.1, 0.15) is 0 Å². The fourth-order valence-electron chi connectivity index (χ4n) is 1.69. The Balaban J connectivity index is 2.09. The van der Waals surface area contributed by atoms with Crippen molar-refractivity contribution < 1.29 is 0 Å². The molecule has 0 unspecified atom stereocenters. The zero-order valence-electron chi connectivity index (χ0n) is 8.43. The van der Waals surface area contributed by atoms with E-state index in [1.807, 2.05) is 0 Å². The molecular formula is C12H17N. The van der Waals surface area contributed by atoms with Crippen LogP contribution in [0.2, 0.25) is 0 Å². The maximum absolute atomic E-state index is 3.57. The second-order valence-corrected chi connectivity index (χ2v) is 3.93. The molecule has 0 aromatic heterocycles. The molecule has 1 fully saturated rings. The van der Waals surface area contributed by atoms with E-state index in [2.05, 4.69) is 37.4 Å². The van der Waals surface area contributed by atoms with E-state index in [9.17, 15) is 0 Å². The molecular weight excluding hydrogens is 158 g/mol. The smallest absolute Gasteiger partial charge is 0.0378 e. The Kier molecular flexibility index (Phi) is 2.26. The second-order valence-electron chi connectivity index (χ2n) is 3.93. The van der Waals surface area contributed by atoms with E-state index in [0.29, 0.717) is 0 Å². The van der Waals surface area contributed by atoms with Crippen molar-refractivity contribution in [3.05, 3.63) is 35.1 Å². The van der Waals surface area contributed by atoms with Crippen molar-refractivity contribution in [2.45, 2.75) is 39.2 Å². The summed E-state index contributed by atoms with van der Waals surface area (Å²) in [5, 5.41) is 3.57. The molecule has 0 aromatic rings. The normalized spacial score (nSPS) is 22.8. The van der Waals surface area contributed by atoms with Gasteiger partial charge in [-0.25, -0.2) is 0 Å². The van der Waals surface area contributed by atoms with E-state index in [1.165, 1.54) is 29.7 Å². The highest BCUT2D eigenvalue weighted by Crippen LogP contribution is 2.29. The van der Waals surface area contributed by atoms with Crippen molar-refractivity contribution in [3.8, 4) is 0 Å². The van der Waals surface area contributed by atoms with Gasteiger partial charge in [0.2, 0.25) is 0 Å². The molecule has 1 saturated carbocycles. The van der Waals surface area contributed by atoms with Crippen LogP contribution in [0, 0.1) is 0 Å². The standard InChI is InChI=1S/C12H17N/c1-3-4-11-9(2)5-8-12(11)13-10-6-7-10/h3-4,8,10,13H,5-7H2,1-2H3/b4-3-. The van der Waals surface area contributed by atoms with Crippen molar-refractivity contribution in [1.29, 1.82) is 0 Å². The largest absolute Gasteiger partial charge is 0.382 e. The van der Waals surface area contributed by atoms with Crippen molar-refractivity contribution >= 4 is 0 Å². The van der Waals surface area contributed by atoms with E-state index in [1.54, 1.807) is 0 Å². The minimum Gasteiger partial charge on any atom is -0.382 e. The van der Waals surface area contributed by atoms with E-state index in [4.69, 9.17) is 0 Å². The molecule has 0 aliphatic heterocycles. The highest BCUT2D eigenvalue weighted by Gasteiger charge is 2.24. The van der Waals surface area contributed by atoms with E-state index < -0.39 is 0 Å². The van der Waals surface area contributed by atoms with Crippen molar-refractivity contribution in [3.63, 3.8) is 0 Å². The van der Waals surface area contributed by atoms with Gasteiger partial charge in [0.25, 0.3) is 0 Å². The maximum Gasteiger partial charge on any atom is 0.0378 e. The lowest BCUT2D eigenvalue weighted by atomic mass is 10.1. The lowest BCUT2D eigenvalue weighted by Crippen LogP contribution is -2.15. The van der Waals surface area contributed by atoms with Gasteiger partial charge < -0.3 is 5.32 Å². The highest BCUT2D eigenvalue weighted by molar-refractivity contribution is 5.47. The third-order valence-electron chi connectivity index (χ3n) is 2.63. The SMILES string of the molecule is C/C=C\C1=C(C)CC=C1NC1CC1. The van der Waals surface area contributed by atoms with Gasteiger partial charge in [0.05, 0.1) is 0 Å². The average Bonchev–Trinajstić information content (AvgIpc) is 2.86.